The van der Waals surface area contributed by atoms with Crippen molar-refractivity contribution in [3.8, 4) is 0 Å². The van der Waals surface area contributed by atoms with Gasteiger partial charge in [0.15, 0.2) is 5.69 Å². The van der Waals surface area contributed by atoms with E-state index in [1.165, 1.54) is 18.4 Å². The Labute approximate surface area is 103 Å². The molecule has 0 aliphatic rings. The lowest BCUT2D eigenvalue weighted by molar-refractivity contribution is 0.0594. The van der Waals surface area contributed by atoms with Crippen LogP contribution in [-0.2, 0) is 11.2 Å². The van der Waals surface area contributed by atoms with Gasteiger partial charge in [-0.25, -0.2) is 9.78 Å². The van der Waals surface area contributed by atoms with Crippen molar-refractivity contribution in [3.05, 3.63) is 45.9 Å². The molecule has 0 saturated heterocycles. The highest BCUT2D eigenvalue weighted by Crippen LogP contribution is 2.16. The fourth-order valence-electron chi connectivity index (χ4n) is 1.40. The Bertz CT molecular complexity index is 520. The van der Waals surface area contributed by atoms with E-state index < -0.39 is 5.97 Å². The first-order chi connectivity index (χ1) is 8.19. The Morgan fingerprint density at radius 1 is 1.41 bits per heavy atom. The third-order valence-electron chi connectivity index (χ3n) is 2.28. The number of esters is 1. The fraction of sp³-hybridized carbons (Fsp3) is 0.167. The minimum Gasteiger partial charge on any atom is -0.464 e. The van der Waals surface area contributed by atoms with Gasteiger partial charge in [-0.05, 0) is 17.7 Å². The molecule has 4 nitrogen and oxygen atoms in total. The third kappa shape index (κ3) is 2.82. The molecule has 0 atom stereocenters. The molecule has 2 aromatic rings. The van der Waals surface area contributed by atoms with Gasteiger partial charge in [0.1, 0.15) is 0 Å². The van der Waals surface area contributed by atoms with Gasteiger partial charge in [0.25, 0.3) is 0 Å². The van der Waals surface area contributed by atoms with E-state index in [0.717, 1.165) is 16.3 Å². The molecule has 0 aliphatic carbocycles. The van der Waals surface area contributed by atoms with Crippen molar-refractivity contribution >= 4 is 23.0 Å². The Hall–Kier alpha value is -1.88. The summed E-state index contributed by atoms with van der Waals surface area (Å²) < 4.78 is 4.60. The van der Waals surface area contributed by atoms with E-state index in [9.17, 15) is 4.79 Å². The standard InChI is InChI=1S/C12H12N2O2S/c1-16-12(15)10-7-17-11(14-10)6-8-2-4-9(13)5-3-8/h2-5,7H,6,13H2,1H3. The Morgan fingerprint density at radius 2 is 2.12 bits per heavy atom. The molecule has 2 N–H and O–H groups in total. The molecule has 1 aromatic carbocycles. The van der Waals surface area contributed by atoms with Crippen molar-refractivity contribution in [2.24, 2.45) is 0 Å². The highest BCUT2D eigenvalue weighted by atomic mass is 32.1. The number of hydrogen-bond donors (Lipinski definition) is 1. The zero-order valence-corrected chi connectivity index (χ0v) is 10.2. The van der Waals surface area contributed by atoms with E-state index in [4.69, 9.17) is 5.73 Å². The molecule has 0 amide bonds. The van der Waals surface area contributed by atoms with Gasteiger partial charge in [0.05, 0.1) is 12.1 Å². The van der Waals surface area contributed by atoms with E-state index in [0.29, 0.717) is 12.1 Å². The van der Waals surface area contributed by atoms with Crippen molar-refractivity contribution in [2.75, 3.05) is 12.8 Å². The number of aromatic nitrogens is 1. The molecule has 17 heavy (non-hydrogen) atoms. The monoisotopic (exact) mass is 248 g/mol. The van der Waals surface area contributed by atoms with Gasteiger partial charge in [-0.2, -0.15) is 0 Å². The second kappa shape index (κ2) is 4.97. The summed E-state index contributed by atoms with van der Waals surface area (Å²) >= 11 is 1.45. The molecule has 0 unspecified atom stereocenters. The fourth-order valence-corrected chi connectivity index (χ4v) is 2.20. The summed E-state index contributed by atoms with van der Waals surface area (Å²) in [6.45, 7) is 0. The average Bonchev–Trinajstić information content (AvgIpc) is 2.80. The number of rotatable bonds is 3. The number of carbonyl (C=O) groups is 1. The molecule has 0 aliphatic heterocycles. The van der Waals surface area contributed by atoms with E-state index in [-0.39, 0.29) is 0 Å². The van der Waals surface area contributed by atoms with Crippen molar-refractivity contribution < 1.29 is 9.53 Å². The summed E-state index contributed by atoms with van der Waals surface area (Å²) in [5.41, 5.74) is 7.83. The SMILES string of the molecule is COC(=O)c1csc(Cc2ccc(N)cc2)n1. The quantitative estimate of drug-likeness (QED) is 0.667. The van der Waals surface area contributed by atoms with Crippen LogP contribution in [0.4, 0.5) is 5.69 Å². The summed E-state index contributed by atoms with van der Waals surface area (Å²) in [7, 11) is 1.35. The van der Waals surface area contributed by atoms with Crippen molar-refractivity contribution in [1.29, 1.82) is 0 Å². The van der Waals surface area contributed by atoms with Crippen molar-refractivity contribution in [1.82, 2.24) is 4.98 Å². The number of nitrogens with zero attached hydrogens (tertiary/aromatic N) is 1. The Balaban J connectivity index is 2.11. The van der Waals surface area contributed by atoms with Gasteiger partial charge in [-0.1, -0.05) is 12.1 Å². The lowest BCUT2D eigenvalue weighted by Crippen LogP contribution is -2.01. The molecule has 0 spiro atoms. The van der Waals surface area contributed by atoms with E-state index in [2.05, 4.69) is 9.72 Å². The molecule has 0 radical (unpaired) electrons. The molecule has 0 bridgehead atoms. The number of ether oxygens (including phenoxy) is 1. The summed E-state index contributed by atoms with van der Waals surface area (Å²) in [6.07, 6.45) is 0.696. The third-order valence-corrected chi connectivity index (χ3v) is 3.13. The number of thiazole rings is 1. The van der Waals surface area contributed by atoms with Gasteiger partial charge in [-0.3, -0.25) is 0 Å². The first kappa shape index (κ1) is 11.6. The van der Waals surface area contributed by atoms with Crippen LogP contribution in [0.1, 0.15) is 21.1 Å². The predicted molar refractivity (Wildman–Crippen MR) is 67.1 cm³/mol. The van der Waals surface area contributed by atoms with E-state index in [1.807, 2.05) is 24.3 Å². The van der Waals surface area contributed by atoms with Gasteiger partial charge < -0.3 is 10.5 Å². The molecule has 88 valence electrons. The smallest absolute Gasteiger partial charge is 0.357 e. The zero-order chi connectivity index (χ0) is 12.3. The van der Waals surface area contributed by atoms with Gasteiger partial charge >= 0.3 is 5.97 Å². The molecule has 0 fully saturated rings. The van der Waals surface area contributed by atoms with Gasteiger partial charge in [0.2, 0.25) is 0 Å². The maximum absolute atomic E-state index is 11.2. The maximum atomic E-state index is 11.2. The predicted octanol–water partition coefficient (Wildman–Crippen LogP) is 2.10. The van der Waals surface area contributed by atoms with E-state index >= 15 is 0 Å². The number of nitrogens with two attached hydrogens (primary N) is 1. The number of methoxy groups -OCH3 is 1. The van der Waals surface area contributed by atoms with Crippen LogP contribution in [0.3, 0.4) is 0 Å². The molecular weight excluding hydrogens is 236 g/mol. The van der Waals surface area contributed by atoms with Crippen LogP contribution in [0.15, 0.2) is 29.6 Å². The van der Waals surface area contributed by atoms with Crippen LogP contribution in [0.5, 0.6) is 0 Å². The maximum Gasteiger partial charge on any atom is 0.357 e. The number of carbonyl (C=O) groups excluding carboxylic acids is 1. The number of benzene rings is 1. The van der Waals surface area contributed by atoms with Gasteiger partial charge in [0, 0.05) is 17.5 Å². The highest BCUT2D eigenvalue weighted by Gasteiger charge is 2.10. The molecule has 1 heterocycles. The topological polar surface area (TPSA) is 65.2 Å². The Kier molecular flexibility index (Phi) is 3.39. The van der Waals surface area contributed by atoms with Gasteiger partial charge in [-0.15, -0.1) is 11.3 Å². The van der Waals surface area contributed by atoms with Crippen molar-refractivity contribution in [3.63, 3.8) is 0 Å². The second-order valence-electron chi connectivity index (χ2n) is 3.54. The number of nitrogen functional groups attached to an aromatic ring is 1. The lowest BCUT2D eigenvalue weighted by atomic mass is 10.1. The molecule has 0 saturated carbocycles. The van der Waals surface area contributed by atoms with E-state index in [1.54, 1.807) is 5.38 Å². The van der Waals surface area contributed by atoms with Crippen LogP contribution in [0.25, 0.3) is 0 Å². The van der Waals surface area contributed by atoms with Crippen LogP contribution in [0.2, 0.25) is 0 Å². The first-order valence-electron chi connectivity index (χ1n) is 5.06. The minimum absolute atomic E-state index is 0.364. The summed E-state index contributed by atoms with van der Waals surface area (Å²) in [5, 5.41) is 2.59. The molecule has 1 aromatic heterocycles. The summed E-state index contributed by atoms with van der Waals surface area (Å²) in [5.74, 6) is -0.398. The normalized spacial score (nSPS) is 10.2. The van der Waals surface area contributed by atoms with Crippen LogP contribution >= 0.6 is 11.3 Å². The average molecular weight is 248 g/mol. The van der Waals surface area contributed by atoms with Crippen LogP contribution in [-0.4, -0.2) is 18.1 Å². The minimum atomic E-state index is -0.398. The number of anilines is 1. The zero-order valence-electron chi connectivity index (χ0n) is 9.34. The molecular formula is C12H12N2O2S. The van der Waals surface area contributed by atoms with Crippen LogP contribution < -0.4 is 5.73 Å². The van der Waals surface area contributed by atoms with Crippen molar-refractivity contribution in [2.45, 2.75) is 6.42 Å². The first-order valence-corrected chi connectivity index (χ1v) is 5.94. The molecule has 5 heteroatoms. The number of hydrogen-bond acceptors (Lipinski definition) is 5. The lowest BCUT2D eigenvalue weighted by Gasteiger charge is -1.98. The summed E-state index contributed by atoms with van der Waals surface area (Å²) in [4.78, 5) is 15.4. The second-order valence-corrected chi connectivity index (χ2v) is 4.48. The largest absolute Gasteiger partial charge is 0.464 e. The highest BCUT2D eigenvalue weighted by molar-refractivity contribution is 7.09. The molecule has 2 rings (SSSR count). The summed E-state index contributed by atoms with van der Waals surface area (Å²) in [6, 6.07) is 7.61. The van der Waals surface area contributed by atoms with Crippen LogP contribution in [0, 0.1) is 0 Å². The Morgan fingerprint density at radius 3 is 2.76 bits per heavy atom.